The van der Waals surface area contributed by atoms with Gasteiger partial charge in [-0.2, -0.15) is 4.98 Å². The van der Waals surface area contributed by atoms with E-state index in [-0.39, 0.29) is 28.4 Å². The second-order valence-electron chi connectivity index (χ2n) is 8.37. The minimum absolute atomic E-state index is 0.151. The standard InChI is InChI=1S/C23H20ClFN4O3/c1-11-27-20(29-32-11)19-16(9-14(24)10-17(19)25)13-2-4-15-12(8-13)3-5-18(15)28-22(31)23(6-7-23)21(26)30/h2,4,8-10,18H,3,5-7H2,1H3,(H2,26,30)(H,28,31)/t18-/m0/s1. The highest BCUT2D eigenvalue weighted by atomic mass is 35.5. The largest absolute Gasteiger partial charge is 0.369 e. The Morgan fingerprint density at radius 2 is 2.06 bits per heavy atom. The van der Waals surface area contributed by atoms with Gasteiger partial charge in [0.2, 0.25) is 23.5 Å². The van der Waals surface area contributed by atoms with Crippen molar-refractivity contribution in [1.82, 2.24) is 15.5 Å². The van der Waals surface area contributed by atoms with Gasteiger partial charge in [0, 0.05) is 11.9 Å². The number of rotatable bonds is 5. The minimum atomic E-state index is -1.06. The van der Waals surface area contributed by atoms with E-state index in [0.717, 1.165) is 23.1 Å². The molecule has 1 fully saturated rings. The van der Waals surface area contributed by atoms with Gasteiger partial charge in [0.1, 0.15) is 11.2 Å². The van der Waals surface area contributed by atoms with Crippen LogP contribution in [0.3, 0.4) is 0 Å². The maximum atomic E-state index is 14.9. The van der Waals surface area contributed by atoms with E-state index in [9.17, 15) is 14.0 Å². The molecule has 0 spiro atoms. The second kappa shape index (κ2) is 7.41. The maximum absolute atomic E-state index is 14.9. The Kier molecular flexibility index (Phi) is 4.78. The lowest BCUT2D eigenvalue weighted by molar-refractivity contribution is -0.135. The molecule has 164 valence electrons. The quantitative estimate of drug-likeness (QED) is 0.568. The molecular weight excluding hydrogens is 435 g/mol. The fourth-order valence-corrected chi connectivity index (χ4v) is 4.58. The average molecular weight is 455 g/mol. The monoisotopic (exact) mass is 454 g/mol. The summed E-state index contributed by atoms with van der Waals surface area (Å²) in [6.07, 6.45) is 2.42. The van der Waals surface area contributed by atoms with Crippen molar-refractivity contribution in [3.05, 3.63) is 58.2 Å². The molecule has 0 radical (unpaired) electrons. The van der Waals surface area contributed by atoms with Gasteiger partial charge in [-0.1, -0.05) is 35.0 Å². The first-order chi connectivity index (χ1) is 15.3. The van der Waals surface area contributed by atoms with Crippen LogP contribution in [0.4, 0.5) is 4.39 Å². The molecule has 0 aliphatic heterocycles. The van der Waals surface area contributed by atoms with Crippen LogP contribution < -0.4 is 11.1 Å². The van der Waals surface area contributed by atoms with Crippen molar-refractivity contribution in [2.24, 2.45) is 11.1 Å². The molecule has 1 saturated carbocycles. The highest BCUT2D eigenvalue weighted by molar-refractivity contribution is 6.31. The minimum Gasteiger partial charge on any atom is -0.369 e. The smallest absolute Gasteiger partial charge is 0.236 e. The summed E-state index contributed by atoms with van der Waals surface area (Å²) in [5.74, 6) is -0.940. The van der Waals surface area contributed by atoms with E-state index in [1.807, 2.05) is 18.2 Å². The van der Waals surface area contributed by atoms with Crippen LogP contribution in [-0.2, 0) is 16.0 Å². The molecule has 2 aliphatic rings. The van der Waals surface area contributed by atoms with E-state index in [4.69, 9.17) is 21.9 Å². The Morgan fingerprint density at radius 3 is 2.72 bits per heavy atom. The van der Waals surface area contributed by atoms with Gasteiger partial charge in [-0.15, -0.1) is 0 Å². The number of fused-ring (bicyclic) bond motifs is 1. The van der Waals surface area contributed by atoms with E-state index in [1.165, 1.54) is 6.07 Å². The average Bonchev–Trinajstić information content (AvgIpc) is 3.33. The lowest BCUT2D eigenvalue weighted by atomic mass is 9.95. The number of hydrogen-bond donors (Lipinski definition) is 2. The molecule has 1 atom stereocenters. The fraction of sp³-hybridized carbons (Fsp3) is 0.304. The van der Waals surface area contributed by atoms with Gasteiger partial charge in [0.25, 0.3) is 0 Å². The summed E-state index contributed by atoms with van der Waals surface area (Å²) in [4.78, 5) is 28.4. The summed E-state index contributed by atoms with van der Waals surface area (Å²) in [5.41, 5.74) is 7.89. The van der Waals surface area contributed by atoms with Crippen molar-refractivity contribution in [1.29, 1.82) is 0 Å². The molecule has 0 saturated heterocycles. The van der Waals surface area contributed by atoms with Crippen LogP contribution in [0.25, 0.3) is 22.5 Å². The Hall–Kier alpha value is -3.26. The van der Waals surface area contributed by atoms with Crippen LogP contribution in [0.2, 0.25) is 5.02 Å². The zero-order chi connectivity index (χ0) is 22.6. The first-order valence-corrected chi connectivity index (χ1v) is 10.7. The molecular formula is C23H20ClFN4O3. The summed E-state index contributed by atoms with van der Waals surface area (Å²) in [6, 6.07) is 8.42. The number of nitrogens with one attached hydrogen (secondary N) is 1. The zero-order valence-corrected chi connectivity index (χ0v) is 18.0. The van der Waals surface area contributed by atoms with Gasteiger partial charge in [-0.3, -0.25) is 9.59 Å². The maximum Gasteiger partial charge on any atom is 0.236 e. The first kappa shape index (κ1) is 20.6. The van der Waals surface area contributed by atoms with Crippen LogP contribution >= 0.6 is 11.6 Å². The molecule has 7 nitrogen and oxygen atoms in total. The molecule has 5 rings (SSSR count). The molecule has 2 aliphatic carbocycles. The lowest BCUT2D eigenvalue weighted by Gasteiger charge is -2.18. The van der Waals surface area contributed by atoms with Gasteiger partial charge in [0.15, 0.2) is 0 Å². The third-order valence-electron chi connectivity index (χ3n) is 6.30. The third kappa shape index (κ3) is 3.35. The molecule has 32 heavy (non-hydrogen) atoms. The van der Waals surface area contributed by atoms with Crippen LogP contribution in [0.15, 0.2) is 34.9 Å². The summed E-state index contributed by atoms with van der Waals surface area (Å²) in [7, 11) is 0. The van der Waals surface area contributed by atoms with Crippen molar-refractivity contribution in [3.8, 4) is 22.5 Å². The van der Waals surface area contributed by atoms with Crippen molar-refractivity contribution < 1.29 is 18.5 Å². The van der Waals surface area contributed by atoms with Gasteiger partial charge in [0.05, 0.1) is 11.6 Å². The molecule has 1 aromatic heterocycles. The normalized spacial score (nSPS) is 18.3. The number of aromatic nitrogens is 2. The summed E-state index contributed by atoms with van der Waals surface area (Å²) >= 11 is 6.15. The molecule has 0 bridgehead atoms. The Bertz CT molecular complexity index is 1270. The first-order valence-electron chi connectivity index (χ1n) is 10.3. The Labute approximate surface area is 188 Å². The van der Waals surface area contributed by atoms with Crippen molar-refractivity contribution in [2.45, 2.75) is 38.6 Å². The van der Waals surface area contributed by atoms with Gasteiger partial charge in [-0.25, -0.2) is 4.39 Å². The van der Waals surface area contributed by atoms with Crippen molar-refractivity contribution >= 4 is 23.4 Å². The number of carbonyl (C=O) groups is 2. The number of nitrogens with two attached hydrogens (primary N) is 1. The topological polar surface area (TPSA) is 111 Å². The van der Waals surface area contributed by atoms with Gasteiger partial charge >= 0.3 is 0 Å². The van der Waals surface area contributed by atoms with Gasteiger partial charge < -0.3 is 15.6 Å². The third-order valence-corrected chi connectivity index (χ3v) is 6.52. The number of amides is 2. The number of nitrogens with zero attached hydrogens (tertiary/aromatic N) is 2. The van der Waals surface area contributed by atoms with E-state index in [2.05, 4.69) is 15.5 Å². The predicted octanol–water partition coefficient (Wildman–Crippen LogP) is 3.87. The second-order valence-corrected chi connectivity index (χ2v) is 8.81. The Morgan fingerprint density at radius 1 is 1.28 bits per heavy atom. The number of aryl methyl sites for hydroxylation is 2. The fourth-order valence-electron chi connectivity index (χ4n) is 4.37. The summed E-state index contributed by atoms with van der Waals surface area (Å²) in [6.45, 7) is 1.64. The number of carbonyl (C=O) groups excluding carboxylic acids is 2. The lowest BCUT2D eigenvalue weighted by Crippen LogP contribution is -2.41. The molecule has 2 amide bonds. The van der Waals surface area contributed by atoms with Crippen LogP contribution in [-0.4, -0.2) is 22.0 Å². The number of hydrogen-bond acceptors (Lipinski definition) is 5. The molecule has 1 heterocycles. The molecule has 9 heteroatoms. The molecule has 2 aromatic carbocycles. The molecule has 3 aromatic rings. The number of primary amides is 1. The van der Waals surface area contributed by atoms with Crippen molar-refractivity contribution in [2.75, 3.05) is 0 Å². The SMILES string of the molecule is Cc1nc(-c2c(F)cc(Cl)cc2-c2ccc3c(c2)CC[C@@H]3NC(=O)C2(C(N)=O)CC2)no1. The van der Waals surface area contributed by atoms with E-state index < -0.39 is 17.1 Å². The Balaban J connectivity index is 1.48. The van der Waals surface area contributed by atoms with E-state index >= 15 is 0 Å². The summed E-state index contributed by atoms with van der Waals surface area (Å²) < 4.78 is 19.9. The van der Waals surface area contributed by atoms with Gasteiger partial charge in [-0.05, 0) is 60.1 Å². The van der Waals surface area contributed by atoms with Crippen molar-refractivity contribution in [3.63, 3.8) is 0 Å². The van der Waals surface area contributed by atoms with E-state index in [0.29, 0.717) is 30.7 Å². The highest BCUT2D eigenvalue weighted by Gasteiger charge is 2.55. The predicted molar refractivity (Wildman–Crippen MR) is 115 cm³/mol. The van der Waals surface area contributed by atoms with Crippen LogP contribution in [0, 0.1) is 18.2 Å². The zero-order valence-electron chi connectivity index (χ0n) is 17.2. The highest BCUT2D eigenvalue weighted by Crippen LogP contribution is 2.47. The molecule has 3 N–H and O–H groups in total. The van der Waals surface area contributed by atoms with Crippen LogP contribution in [0.1, 0.15) is 42.3 Å². The van der Waals surface area contributed by atoms with Crippen LogP contribution in [0.5, 0.6) is 0 Å². The van der Waals surface area contributed by atoms with E-state index in [1.54, 1.807) is 13.0 Å². The summed E-state index contributed by atoms with van der Waals surface area (Å²) in [5, 5.41) is 7.11. The molecule has 0 unspecified atom stereocenters. The number of benzene rings is 2. The number of halogens is 2.